The van der Waals surface area contributed by atoms with Crippen LogP contribution in [0.5, 0.6) is 0 Å². The summed E-state index contributed by atoms with van der Waals surface area (Å²) in [5.74, 6) is -0.880. The van der Waals surface area contributed by atoms with Crippen LogP contribution in [0, 0.1) is 0 Å². The Morgan fingerprint density at radius 1 is 1.11 bits per heavy atom. The summed E-state index contributed by atoms with van der Waals surface area (Å²) in [6.45, 7) is 1.99. The Hall–Kier alpha value is -2.36. The van der Waals surface area contributed by atoms with E-state index in [-0.39, 0.29) is 18.9 Å². The van der Waals surface area contributed by atoms with Crippen molar-refractivity contribution in [2.75, 3.05) is 11.9 Å². The molecule has 0 aromatic heterocycles. The van der Waals surface area contributed by atoms with Crippen molar-refractivity contribution < 1.29 is 14.3 Å². The molecule has 0 aliphatic rings. The molecule has 0 saturated heterocycles. The van der Waals surface area contributed by atoms with Crippen molar-refractivity contribution in [3.63, 3.8) is 0 Å². The van der Waals surface area contributed by atoms with Gasteiger partial charge in [0.1, 0.15) is 6.42 Å². The van der Waals surface area contributed by atoms with Crippen molar-refractivity contribution in [1.29, 1.82) is 0 Å². The lowest BCUT2D eigenvalue weighted by Crippen LogP contribution is -2.18. The van der Waals surface area contributed by atoms with Gasteiger partial charge in [-0.15, -0.1) is 0 Å². The molecule has 1 amide bonds. The van der Waals surface area contributed by atoms with Gasteiger partial charge in [-0.2, -0.15) is 0 Å². The molecule has 4 nitrogen and oxygen atoms in total. The van der Waals surface area contributed by atoms with Gasteiger partial charge in [0.05, 0.1) is 6.61 Å². The number of carbonyl (C=O) groups is 2. The monoisotopic (exact) mass is 257 g/mol. The van der Waals surface area contributed by atoms with Gasteiger partial charge >= 0.3 is 5.97 Å². The fraction of sp³-hybridized carbons (Fsp3) is 0.200. The normalized spacial score (nSPS) is 10.2. The van der Waals surface area contributed by atoms with Crippen molar-refractivity contribution >= 4 is 28.3 Å². The van der Waals surface area contributed by atoms with Crippen molar-refractivity contribution in [2.45, 2.75) is 13.3 Å². The molecule has 2 rings (SSSR count). The fourth-order valence-corrected chi connectivity index (χ4v) is 1.82. The van der Waals surface area contributed by atoms with Gasteiger partial charge in [-0.25, -0.2) is 0 Å². The van der Waals surface area contributed by atoms with Crippen LogP contribution in [0.1, 0.15) is 13.3 Å². The molecule has 0 saturated carbocycles. The Morgan fingerprint density at radius 3 is 2.58 bits per heavy atom. The number of benzene rings is 2. The minimum absolute atomic E-state index is 0.263. The van der Waals surface area contributed by atoms with E-state index in [1.165, 1.54) is 0 Å². The summed E-state index contributed by atoms with van der Waals surface area (Å²) in [6.07, 6.45) is -0.263. The van der Waals surface area contributed by atoms with Crippen LogP contribution >= 0.6 is 0 Å². The SMILES string of the molecule is CCOC(=O)CC(=O)Nc1ccc2ccccc2c1. The topological polar surface area (TPSA) is 55.4 Å². The van der Waals surface area contributed by atoms with Gasteiger partial charge in [-0.05, 0) is 29.8 Å². The van der Waals surface area contributed by atoms with Crippen LogP contribution in [-0.2, 0) is 14.3 Å². The first-order valence-electron chi connectivity index (χ1n) is 6.13. The Balaban J connectivity index is 2.04. The number of amides is 1. The molecule has 0 aliphatic carbocycles. The zero-order valence-corrected chi connectivity index (χ0v) is 10.7. The summed E-state index contributed by atoms with van der Waals surface area (Å²) < 4.78 is 4.72. The third kappa shape index (κ3) is 3.55. The zero-order valence-electron chi connectivity index (χ0n) is 10.7. The fourth-order valence-electron chi connectivity index (χ4n) is 1.82. The molecule has 0 atom stereocenters. The first-order chi connectivity index (χ1) is 9.19. The highest BCUT2D eigenvalue weighted by atomic mass is 16.5. The van der Waals surface area contributed by atoms with E-state index >= 15 is 0 Å². The Labute approximate surface area is 111 Å². The van der Waals surface area contributed by atoms with Crippen LogP contribution in [0.3, 0.4) is 0 Å². The molecule has 0 heterocycles. The van der Waals surface area contributed by atoms with Crippen molar-refractivity contribution in [1.82, 2.24) is 0 Å². The summed E-state index contributed by atoms with van der Waals surface area (Å²) in [4.78, 5) is 22.8. The number of nitrogens with one attached hydrogen (secondary N) is 1. The number of esters is 1. The molecule has 98 valence electrons. The second-order valence-corrected chi connectivity index (χ2v) is 4.09. The van der Waals surface area contributed by atoms with E-state index in [4.69, 9.17) is 4.74 Å². The van der Waals surface area contributed by atoms with E-state index in [0.29, 0.717) is 5.69 Å². The molecular formula is C15H15NO3. The number of hydrogen-bond donors (Lipinski definition) is 1. The summed E-state index contributed by atoms with van der Waals surface area (Å²) in [7, 11) is 0. The Kier molecular flexibility index (Phi) is 4.13. The van der Waals surface area contributed by atoms with Crippen molar-refractivity contribution in [3.05, 3.63) is 42.5 Å². The molecule has 0 fully saturated rings. The molecule has 0 radical (unpaired) electrons. The summed E-state index contributed by atoms with van der Waals surface area (Å²) >= 11 is 0. The third-order valence-electron chi connectivity index (χ3n) is 2.64. The lowest BCUT2D eigenvalue weighted by atomic mass is 10.1. The largest absolute Gasteiger partial charge is 0.466 e. The first kappa shape index (κ1) is 13.1. The predicted octanol–water partition coefficient (Wildman–Crippen LogP) is 2.73. The molecule has 1 N–H and O–H groups in total. The Bertz CT molecular complexity index is 607. The van der Waals surface area contributed by atoms with Crippen molar-refractivity contribution in [2.24, 2.45) is 0 Å². The minimum atomic E-state index is -0.513. The average molecular weight is 257 g/mol. The lowest BCUT2D eigenvalue weighted by molar-refractivity contribution is -0.145. The third-order valence-corrected chi connectivity index (χ3v) is 2.64. The van der Waals surface area contributed by atoms with Crippen LogP contribution in [0.4, 0.5) is 5.69 Å². The minimum Gasteiger partial charge on any atom is -0.466 e. The quantitative estimate of drug-likeness (QED) is 0.676. The molecule has 0 bridgehead atoms. The second kappa shape index (κ2) is 6.00. The smallest absolute Gasteiger partial charge is 0.315 e. The van der Waals surface area contributed by atoms with E-state index in [1.54, 1.807) is 6.92 Å². The van der Waals surface area contributed by atoms with Gasteiger partial charge in [-0.1, -0.05) is 30.3 Å². The molecular weight excluding hydrogens is 242 g/mol. The number of hydrogen-bond acceptors (Lipinski definition) is 3. The molecule has 19 heavy (non-hydrogen) atoms. The highest BCUT2D eigenvalue weighted by Crippen LogP contribution is 2.18. The van der Waals surface area contributed by atoms with Crippen LogP contribution < -0.4 is 5.32 Å². The first-order valence-corrected chi connectivity index (χ1v) is 6.13. The maximum absolute atomic E-state index is 11.6. The van der Waals surface area contributed by atoms with Gasteiger partial charge in [0, 0.05) is 5.69 Å². The number of ether oxygens (including phenoxy) is 1. The highest BCUT2D eigenvalue weighted by Gasteiger charge is 2.10. The van der Waals surface area contributed by atoms with E-state index in [9.17, 15) is 9.59 Å². The average Bonchev–Trinajstić information content (AvgIpc) is 2.38. The van der Waals surface area contributed by atoms with Crippen LogP contribution in [0.2, 0.25) is 0 Å². The van der Waals surface area contributed by atoms with Gasteiger partial charge in [0.15, 0.2) is 0 Å². The summed E-state index contributed by atoms with van der Waals surface area (Å²) in [5, 5.41) is 4.82. The van der Waals surface area contributed by atoms with Crippen LogP contribution in [0.15, 0.2) is 42.5 Å². The molecule has 0 aliphatic heterocycles. The van der Waals surface area contributed by atoms with Gasteiger partial charge in [0.25, 0.3) is 0 Å². The van der Waals surface area contributed by atoms with Gasteiger partial charge in [-0.3, -0.25) is 9.59 Å². The molecule has 0 unspecified atom stereocenters. The molecule has 2 aromatic rings. The van der Waals surface area contributed by atoms with E-state index in [2.05, 4.69) is 5.32 Å². The summed E-state index contributed by atoms with van der Waals surface area (Å²) in [6, 6.07) is 13.5. The van der Waals surface area contributed by atoms with Crippen molar-refractivity contribution in [3.8, 4) is 0 Å². The molecule has 0 spiro atoms. The maximum Gasteiger partial charge on any atom is 0.315 e. The predicted molar refractivity (Wildman–Crippen MR) is 73.8 cm³/mol. The van der Waals surface area contributed by atoms with Crippen LogP contribution in [-0.4, -0.2) is 18.5 Å². The lowest BCUT2D eigenvalue weighted by Gasteiger charge is -2.06. The highest BCUT2D eigenvalue weighted by molar-refractivity contribution is 6.02. The number of fused-ring (bicyclic) bond motifs is 1. The number of anilines is 1. The van der Waals surface area contributed by atoms with E-state index < -0.39 is 5.97 Å². The van der Waals surface area contributed by atoms with E-state index in [1.807, 2.05) is 42.5 Å². The second-order valence-electron chi connectivity index (χ2n) is 4.09. The zero-order chi connectivity index (χ0) is 13.7. The van der Waals surface area contributed by atoms with Gasteiger partial charge in [0.2, 0.25) is 5.91 Å². The number of rotatable bonds is 4. The van der Waals surface area contributed by atoms with Crippen LogP contribution in [0.25, 0.3) is 10.8 Å². The number of carbonyl (C=O) groups excluding carboxylic acids is 2. The standard InChI is InChI=1S/C15H15NO3/c1-2-19-15(18)10-14(17)16-13-8-7-11-5-3-4-6-12(11)9-13/h3-9H,2,10H2,1H3,(H,16,17). The Morgan fingerprint density at radius 2 is 1.84 bits per heavy atom. The summed E-state index contributed by atoms with van der Waals surface area (Å²) in [5.41, 5.74) is 0.674. The van der Waals surface area contributed by atoms with E-state index in [0.717, 1.165) is 10.8 Å². The molecule has 2 aromatic carbocycles. The molecule has 4 heteroatoms. The maximum atomic E-state index is 11.6. The van der Waals surface area contributed by atoms with Gasteiger partial charge < -0.3 is 10.1 Å².